The largest absolute Gasteiger partial charge is 0.457 e. The van der Waals surface area contributed by atoms with Gasteiger partial charge in [0.25, 0.3) is 0 Å². The molecule has 3 amide bonds. The minimum atomic E-state index is -2.20. The summed E-state index contributed by atoms with van der Waals surface area (Å²) in [5, 5.41) is 2.57. The number of fused-ring (bicyclic) bond motifs is 1. The van der Waals surface area contributed by atoms with E-state index in [2.05, 4.69) is 58.9 Å². The molecule has 0 radical (unpaired) electrons. The average Bonchev–Trinajstić information content (AvgIpc) is 3.22. The van der Waals surface area contributed by atoms with Crippen molar-refractivity contribution in [2.75, 3.05) is 33.4 Å². The molecule has 1 saturated heterocycles. The SMILES string of the molecule is C=CCOC(=O)NC[C@H](C1=C(C(=O)OCC=C)N2C(=O)[C@H]([C@@H](C)O[Si](C)(C)C(C)(C)C)[C@H]2C1)N(C)C(=O)OCC=C. The van der Waals surface area contributed by atoms with Crippen LogP contribution in [-0.2, 0) is 28.2 Å². The third-order valence-electron chi connectivity index (χ3n) is 7.82. The van der Waals surface area contributed by atoms with Gasteiger partial charge in [0.15, 0.2) is 8.32 Å². The molecule has 0 bridgehead atoms. The zero-order chi connectivity index (χ0) is 31.1. The smallest absolute Gasteiger partial charge is 0.410 e. The Balaban J connectivity index is 2.47. The second kappa shape index (κ2) is 14.0. The fourth-order valence-corrected chi connectivity index (χ4v) is 6.14. The lowest BCUT2D eigenvalue weighted by atomic mass is 9.82. The van der Waals surface area contributed by atoms with E-state index in [0.29, 0.717) is 5.57 Å². The van der Waals surface area contributed by atoms with Crippen LogP contribution >= 0.6 is 0 Å². The van der Waals surface area contributed by atoms with Crippen LogP contribution in [0.25, 0.3) is 0 Å². The fourth-order valence-electron chi connectivity index (χ4n) is 4.71. The molecule has 0 aromatic heterocycles. The summed E-state index contributed by atoms with van der Waals surface area (Å²) < 4.78 is 22.2. The molecule has 2 rings (SSSR count). The Hall–Kier alpha value is -3.38. The van der Waals surface area contributed by atoms with Crippen LogP contribution in [0.3, 0.4) is 0 Å². The molecule has 1 fully saturated rings. The fraction of sp³-hybridized carbons (Fsp3) is 0.586. The van der Waals surface area contributed by atoms with E-state index in [1.165, 1.54) is 35.1 Å². The maximum absolute atomic E-state index is 13.6. The number of nitrogens with one attached hydrogen (secondary N) is 1. The van der Waals surface area contributed by atoms with Gasteiger partial charge in [-0.05, 0) is 37.0 Å². The quantitative estimate of drug-likeness (QED) is 0.105. The van der Waals surface area contributed by atoms with Crippen LogP contribution in [-0.4, -0.2) is 93.8 Å². The highest BCUT2D eigenvalue weighted by Gasteiger charge is 2.59. The van der Waals surface area contributed by atoms with E-state index in [4.69, 9.17) is 18.6 Å². The number of rotatable bonds is 14. The lowest BCUT2D eigenvalue weighted by molar-refractivity contribution is -0.161. The summed E-state index contributed by atoms with van der Waals surface area (Å²) in [6, 6.07) is -1.23. The Morgan fingerprint density at radius 3 is 2.20 bits per heavy atom. The molecule has 228 valence electrons. The van der Waals surface area contributed by atoms with Crippen molar-refractivity contribution < 1.29 is 37.8 Å². The van der Waals surface area contributed by atoms with Crippen LogP contribution in [0.2, 0.25) is 18.1 Å². The molecule has 0 spiro atoms. The van der Waals surface area contributed by atoms with E-state index in [1.807, 2.05) is 6.92 Å². The molecule has 4 atom stereocenters. The van der Waals surface area contributed by atoms with E-state index >= 15 is 0 Å². The Morgan fingerprint density at radius 1 is 1.07 bits per heavy atom. The third kappa shape index (κ3) is 7.67. The van der Waals surface area contributed by atoms with Crippen molar-refractivity contribution in [3.05, 3.63) is 49.2 Å². The highest BCUT2D eigenvalue weighted by atomic mass is 28.4. The molecule has 2 heterocycles. The van der Waals surface area contributed by atoms with Gasteiger partial charge >= 0.3 is 18.2 Å². The van der Waals surface area contributed by atoms with Crippen LogP contribution in [0.15, 0.2) is 49.2 Å². The highest BCUT2D eigenvalue weighted by Crippen LogP contribution is 2.47. The average molecular weight is 592 g/mol. The van der Waals surface area contributed by atoms with Gasteiger partial charge in [-0.2, -0.15) is 0 Å². The summed E-state index contributed by atoms with van der Waals surface area (Å²) in [4.78, 5) is 54.8. The third-order valence-corrected chi connectivity index (χ3v) is 12.4. The van der Waals surface area contributed by atoms with E-state index in [-0.39, 0.29) is 55.5 Å². The van der Waals surface area contributed by atoms with Crippen LogP contribution in [0, 0.1) is 5.92 Å². The second-order valence-electron chi connectivity index (χ2n) is 11.6. The first-order chi connectivity index (χ1) is 19.1. The monoisotopic (exact) mass is 591 g/mol. The normalized spacial score (nSPS) is 19.8. The zero-order valence-electron chi connectivity index (χ0n) is 25.4. The van der Waals surface area contributed by atoms with Crippen molar-refractivity contribution >= 4 is 32.4 Å². The van der Waals surface area contributed by atoms with Gasteiger partial charge in [-0.25, -0.2) is 14.4 Å². The Bertz CT molecular complexity index is 1080. The number of esters is 1. The minimum Gasteiger partial charge on any atom is -0.457 e. The molecule has 2 aliphatic rings. The molecule has 1 N–H and O–H groups in total. The van der Waals surface area contributed by atoms with Gasteiger partial charge in [-0.1, -0.05) is 58.7 Å². The first kappa shape index (κ1) is 33.8. The van der Waals surface area contributed by atoms with Crippen LogP contribution in [0.5, 0.6) is 0 Å². The Labute approximate surface area is 244 Å². The van der Waals surface area contributed by atoms with Gasteiger partial charge in [0.2, 0.25) is 5.91 Å². The summed E-state index contributed by atoms with van der Waals surface area (Å²) in [5.41, 5.74) is 0.508. The van der Waals surface area contributed by atoms with Crippen LogP contribution < -0.4 is 5.32 Å². The minimum absolute atomic E-state index is 0.00626. The molecular weight excluding hydrogens is 546 g/mol. The molecule has 0 unspecified atom stereocenters. The molecule has 11 nitrogen and oxygen atoms in total. The number of hydrogen-bond acceptors (Lipinski definition) is 8. The maximum Gasteiger partial charge on any atom is 0.410 e. The lowest BCUT2D eigenvalue weighted by Crippen LogP contribution is -2.63. The number of alkyl carbamates (subject to hydrolysis) is 1. The number of carbonyl (C=O) groups is 4. The number of β-lactam (4-membered cyclic amide) rings is 1. The summed E-state index contributed by atoms with van der Waals surface area (Å²) >= 11 is 0. The number of hydrogen-bond donors (Lipinski definition) is 1. The van der Waals surface area contributed by atoms with Crippen molar-refractivity contribution in [3.63, 3.8) is 0 Å². The predicted octanol–water partition coefficient (Wildman–Crippen LogP) is 4.15. The summed E-state index contributed by atoms with van der Waals surface area (Å²) in [7, 11) is -0.706. The van der Waals surface area contributed by atoms with E-state index in [9.17, 15) is 19.2 Å². The van der Waals surface area contributed by atoms with Gasteiger partial charge < -0.3 is 33.8 Å². The molecular formula is C29H45N3O8Si. The molecule has 2 aliphatic heterocycles. The summed E-state index contributed by atoms with van der Waals surface area (Å²) in [6.07, 6.45) is 2.72. The molecule has 0 aromatic carbocycles. The van der Waals surface area contributed by atoms with Crippen molar-refractivity contribution in [1.82, 2.24) is 15.1 Å². The predicted molar refractivity (Wildman–Crippen MR) is 157 cm³/mol. The number of ether oxygens (including phenoxy) is 3. The summed E-state index contributed by atoms with van der Waals surface area (Å²) in [6.45, 7) is 23.0. The van der Waals surface area contributed by atoms with E-state index in [0.717, 1.165) is 0 Å². The van der Waals surface area contributed by atoms with Gasteiger partial charge in [-0.3, -0.25) is 4.79 Å². The second-order valence-corrected chi connectivity index (χ2v) is 16.4. The van der Waals surface area contributed by atoms with Gasteiger partial charge in [0.1, 0.15) is 25.5 Å². The van der Waals surface area contributed by atoms with Gasteiger partial charge in [0, 0.05) is 13.6 Å². The lowest BCUT2D eigenvalue weighted by Gasteiger charge is -2.48. The maximum atomic E-state index is 13.6. The zero-order valence-corrected chi connectivity index (χ0v) is 26.4. The molecule has 0 saturated carbocycles. The van der Waals surface area contributed by atoms with Crippen molar-refractivity contribution in [2.24, 2.45) is 5.92 Å². The first-order valence-electron chi connectivity index (χ1n) is 13.7. The van der Waals surface area contributed by atoms with Crippen molar-refractivity contribution in [1.29, 1.82) is 0 Å². The number of nitrogens with zero attached hydrogens (tertiary/aromatic N) is 2. The summed E-state index contributed by atoms with van der Waals surface area (Å²) in [5.74, 6) is -1.47. The number of amides is 3. The Morgan fingerprint density at radius 2 is 1.63 bits per heavy atom. The van der Waals surface area contributed by atoms with E-state index in [1.54, 1.807) is 0 Å². The van der Waals surface area contributed by atoms with Crippen molar-refractivity contribution in [3.8, 4) is 0 Å². The van der Waals surface area contributed by atoms with E-state index < -0.39 is 44.5 Å². The number of likely N-dealkylation sites (N-methyl/N-ethyl adjacent to an activating group) is 1. The highest BCUT2D eigenvalue weighted by molar-refractivity contribution is 6.74. The van der Waals surface area contributed by atoms with Gasteiger partial charge in [0.05, 0.1) is 24.1 Å². The molecule has 41 heavy (non-hydrogen) atoms. The van der Waals surface area contributed by atoms with Crippen LogP contribution in [0.4, 0.5) is 9.59 Å². The van der Waals surface area contributed by atoms with Crippen LogP contribution in [0.1, 0.15) is 34.1 Å². The topological polar surface area (TPSA) is 124 Å². The Kier molecular flexibility index (Phi) is 11.5. The molecule has 12 heteroatoms. The molecule has 0 aromatic rings. The van der Waals surface area contributed by atoms with Crippen molar-refractivity contribution in [2.45, 2.75) is 70.4 Å². The number of carbonyl (C=O) groups excluding carboxylic acids is 4. The van der Waals surface area contributed by atoms with Gasteiger partial charge in [-0.15, -0.1) is 0 Å². The molecule has 0 aliphatic carbocycles. The first-order valence-corrected chi connectivity index (χ1v) is 16.6. The standard InChI is InChI=1S/C29H45N3O8Si/c1-11-14-37-26(34)24-20(22(18-30-27(35)38-15-12-2)31(8)28(36)39-16-13-3)17-21-23(25(33)32(21)24)19(4)40-41(9,10)29(5,6)7/h11-13,19,21-23H,1-3,14-18H2,4-10H3,(H,30,35)/t19-,21-,22-,23-/m1/s1.